The van der Waals surface area contributed by atoms with Crippen LogP contribution in [0, 0.1) is 0 Å². The van der Waals surface area contributed by atoms with Crippen molar-refractivity contribution >= 4 is 11.7 Å². The van der Waals surface area contributed by atoms with Crippen LogP contribution in [-0.2, 0) is 0 Å². The lowest BCUT2D eigenvalue weighted by molar-refractivity contribution is -0.883. The Kier molecular flexibility index (Phi) is 4.04. The molecule has 2 amide bonds. The SMILES string of the molecule is COc1ccccc1NC(=O)N1CC[NH+](C)CC1. The van der Waals surface area contributed by atoms with Gasteiger partial charge in [0, 0.05) is 0 Å². The molecule has 98 valence electrons. The molecule has 1 aliphatic rings. The highest BCUT2D eigenvalue weighted by molar-refractivity contribution is 5.91. The maximum Gasteiger partial charge on any atom is 0.322 e. The number of nitrogens with zero attached hydrogens (tertiary/aromatic N) is 1. The van der Waals surface area contributed by atoms with Gasteiger partial charge >= 0.3 is 6.03 Å². The Labute approximate surface area is 107 Å². The summed E-state index contributed by atoms with van der Waals surface area (Å²) in [6.45, 7) is 3.60. The highest BCUT2D eigenvalue weighted by Gasteiger charge is 2.21. The van der Waals surface area contributed by atoms with Gasteiger partial charge in [-0.15, -0.1) is 0 Å². The second-order valence-electron chi connectivity index (χ2n) is 4.57. The molecule has 0 spiro atoms. The van der Waals surface area contributed by atoms with Crippen LogP contribution < -0.4 is 15.0 Å². The van der Waals surface area contributed by atoms with Gasteiger partial charge in [0.1, 0.15) is 5.75 Å². The molecule has 0 saturated carbocycles. The molecule has 1 aromatic carbocycles. The average molecular weight is 250 g/mol. The molecule has 0 radical (unpaired) electrons. The second kappa shape index (κ2) is 5.73. The molecule has 2 rings (SSSR count). The number of hydrogen-bond acceptors (Lipinski definition) is 2. The fourth-order valence-electron chi connectivity index (χ4n) is 2.03. The molecule has 1 heterocycles. The topological polar surface area (TPSA) is 46.0 Å². The van der Waals surface area contributed by atoms with Crippen molar-refractivity contribution < 1.29 is 14.4 Å². The first-order valence-corrected chi connectivity index (χ1v) is 6.21. The van der Waals surface area contributed by atoms with Crippen LogP contribution in [0.2, 0.25) is 0 Å². The van der Waals surface area contributed by atoms with E-state index in [9.17, 15) is 4.79 Å². The maximum absolute atomic E-state index is 12.1. The molecule has 0 aliphatic carbocycles. The van der Waals surface area contributed by atoms with Gasteiger partial charge in [0.15, 0.2) is 0 Å². The minimum absolute atomic E-state index is 0.0491. The standard InChI is InChI=1S/C13H19N3O2/c1-15-7-9-16(10-8-15)13(17)14-11-5-3-4-6-12(11)18-2/h3-6H,7-10H2,1-2H3,(H,14,17)/p+1. The highest BCUT2D eigenvalue weighted by atomic mass is 16.5. The van der Waals surface area contributed by atoms with Crippen LogP contribution in [-0.4, -0.2) is 51.3 Å². The molecular formula is C13H20N3O2+. The first kappa shape index (κ1) is 12.7. The summed E-state index contributed by atoms with van der Waals surface area (Å²) in [5.41, 5.74) is 0.719. The van der Waals surface area contributed by atoms with Gasteiger partial charge in [0.2, 0.25) is 0 Å². The van der Waals surface area contributed by atoms with E-state index in [2.05, 4.69) is 12.4 Å². The first-order valence-electron chi connectivity index (χ1n) is 6.21. The van der Waals surface area contributed by atoms with Crippen LogP contribution in [0.5, 0.6) is 5.75 Å². The zero-order chi connectivity index (χ0) is 13.0. The first-order chi connectivity index (χ1) is 8.70. The lowest BCUT2D eigenvalue weighted by Gasteiger charge is -2.30. The van der Waals surface area contributed by atoms with Crippen molar-refractivity contribution in [2.45, 2.75) is 0 Å². The third kappa shape index (κ3) is 2.92. The van der Waals surface area contributed by atoms with Gasteiger partial charge in [0.05, 0.1) is 46.0 Å². The number of carbonyl (C=O) groups is 1. The van der Waals surface area contributed by atoms with E-state index in [1.165, 1.54) is 4.90 Å². The van der Waals surface area contributed by atoms with Crippen LogP contribution >= 0.6 is 0 Å². The number of piperazine rings is 1. The number of urea groups is 1. The number of benzene rings is 1. The van der Waals surface area contributed by atoms with Crippen molar-refractivity contribution in [3.05, 3.63) is 24.3 Å². The largest absolute Gasteiger partial charge is 0.495 e. The van der Waals surface area contributed by atoms with Crippen LogP contribution in [0.4, 0.5) is 10.5 Å². The molecule has 0 bridgehead atoms. The number of nitrogens with one attached hydrogen (secondary N) is 2. The average Bonchev–Trinajstić information content (AvgIpc) is 2.40. The zero-order valence-corrected chi connectivity index (χ0v) is 10.9. The van der Waals surface area contributed by atoms with E-state index in [4.69, 9.17) is 4.74 Å². The molecule has 2 N–H and O–H groups in total. The summed E-state index contributed by atoms with van der Waals surface area (Å²) in [7, 11) is 3.75. The molecule has 1 saturated heterocycles. The van der Waals surface area contributed by atoms with E-state index in [0.717, 1.165) is 31.9 Å². The molecule has 1 aromatic rings. The molecule has 1 aliphatic heterocycles. The number of quaternary nitrogens is 1. The van der Waals surface area contributed by atoms with Gasteiger partial charge in [0.25, 0.3) is 0 Å². The molecule has 1 fully saturated rings. The highest BCUT2D eigenvalue weighted by Crippen LogP contribution is 2.23. The van der Waals surface area contributed by atoms with Crippen molar-refractivity contribution in [1.82, 2.24) is 4.90 Å². The number of amides is 2. The van der Waals surface area contributed by atoms with E-state index < -0.39 is 0 Å². The monoisotopic (exact) mass is 250 g/mol. The van der Waals surface area contributed by atoms with Gasteiger partial charge in [-0.1, -0.05) is 12.1 Å². The lowest BCUT2D eigenvalue weighted by atomic mass is 10.3. The fourth-order valence-corrected chi connectivity index (χ4v) is 2.03. The van der Waals surface area contributed by atoms with Crippen molar-refractivity contribution in [3.63, 3.8) is 0 Å². The molecule has 5 nitrogen and oxygen atoms in total. The van der Waals surface area contributed by atoms with E-state index in [-0.39, 0.29) is 6.03 Å². The predicted molar refractivity (Wildman–Crippen MR) is 70.2 cm³/mol. The summed E-state index contributed by atoms with van der Waals surface area (Å²) in [6, 6.07) is 7.40. The van der Waals surface area contributed by atoms with Crippen molar-refractivity contribution in [1.29, 1.82) is 0 Å². The minimum atomic E-state index is -0.0491. The summed E-state index contributed by atoms with van der Waals surface area (Å²) in [5, 5.41) is 2.90. The number of likely N-dealkylation sites (N-methyl/N-ethyl adjacent to an activating group) is 1. The van der Waals surface area contributed by atoms with Crippen LogP contribution in [0.25, 0.3) is 0 Å². The third-order valence-electron chi connectivity index (χ3n) is 3.25. The van der Waals surface area contributed by atoms with Gasteiger partial charge in [-0.2, -0.15) is 0 Å². The second-order valence-corrected chi connectivity index (χ2v) is 4.57. The molecule has 0 unspecified atom stereocenters. The number of methoxy groups -OCH3 is 1. The Hall–Kier alpha value is -1.75. The van der Waals surface area contributed by atoms with E-state index >= 15 is 0 Å². The lowest BCUT2D eigenvalue weighted by Crippen LogP contribution is -3.12. The summed E-state index contributed by atoms with van der Waals surface area (Å²) in [4.78, 5) is 15.4. The maximum atomic E-state index is 12.1. The third-order valence-corrected chi connectivity index (χ3v) is 3.25. The van der Waals surface area contributed by atoms with Gasteiger partial charge in [-0.05, 0) is 12.1 Å². The van der Waals surface area contributed by atoms with E-state index in [1.807, 2.05) is 29.2 Å². The van der Waals surface area contributed by atoms with Crippen molar-refractivity contribution in [2.75, 3.05) is 45.7 Å². The molecule has 0 atom stereocenters. The van der Waals surface area contributed by atoms with Crippen LogP contribution in [0.15, 0.2) is 24.3 Å². The Morgan fingerprint density at radius 3 is 2.67 bits per heavy atom. The molecule has 5 heteroatoms. The predicted octanol–water partition coefficient (Wildman–Crippen LogP) is 0.0574. The number of hydrogen-bond donors (Lipinski definition) is 2. The minimum Gasteiger partial charge on any atom is -0.495 e. The summed E-state index contributed by atoms with van der Waals surface area (Å²) >= 11 is 0. The summed E-state index contributed by atoms with van der Waals surface area (Å²) in [5.74, 6) is 0.686. The number of ether oxygens (including phenoxy) is 1. The van der Waals surface area contributed by atoms with E-state index in [0.29, 0.717) is 5.75 Å². The summed E-state index contributed by atoms with van der Waals surface area (Å²) in [6.07, 6.45) is 0. The summed E-state index contributed by atoms with van der Waals surface area (Å²) < 4.78 is 5.21. The molecule has 18 heavy (non-hydrogen) atoms. The van der Waals surface area contributed by atoms with E-state index in [1.54, 1.807) is 7.11 Å². The van der Waals surface area contributed by atoms with Gasteiger partial charge in [-0.3, -0.25) is 0 Å². The van der Waals surface area contributed by atoms with Crippen molar-refractivity contribution in [2.24, 2.45) is 0 Å². The quantitative estimate of drug-likeness (QED) is 0.779. The van der Waals surface area contributed by atoms with Crippen molar-refractivity contribution in [3.8, 4) is 5.75 Å². The number of carbonyl (C=O) groups excluding carboxylic acids is 1. The Morgan fingerprint density at radius 1 is 1.33 bits per heavy atom. The van der Waals surface area contributed by atoms with Crippen LogP contribution in [0.3, 0.4) is 0 Å². The Balaban J connectivity index is 1.98. The molecule has 0 aromatic heterocycles. The molecular weight excluding hydrogens is 230 g/mol. The van der Waals surface area contributed by atoms with Gasteiger partial charge in [-0.25, -0.2) is 4.79 Å². The number of rotatable bonds is 2. The zero-order valence-electron chi connectivity index (χ0n) is 10.9. The van der Waals surface area contributed by atoms with Gasteiger partial charge < -0.3 is 19.9 Å². The number of para-hydroxylation sites is 2. The van der Waals surface area contributed by atoms with Crippen LogP contribution in [0.1, 0.15) is 0 Å². The normalized spacial score (nSPS) is 16.4. The smallest absolute Gasteiger partial charge is 0.322 e. The fraction of sp³-hybridized carbons (Fsp3) is 0.462. The Bertz CT molecular complexity index is 414. The number of anilines is 1. The Morgan fingerprint density at radius 2 is 2.00 bits per heavy atom.